The Bertz CT molecular complexity index is 1580. The van der Waals surface area contributed by atoms with Crippen LogP contribution in [0.25, 0.3) is 0 Å². The lowest BCUT2D eigenvalue weighted by Crippen LogP contribution is -2.59. The minimum atomic E-state index is -1.09. The van der Waals surface area contributed by atoms with E-state index in [4.69, 9.17) is 21.1 Å². The number of ether oxygens (including phenoxy) is 2. The number of piperidine rings is 2. The number of nitrogens with zero attached hydrogens (tertiary/aromatic N) is 2. The lowest BCUT2D eigenvalue weighted by atomic mass is 9.69. The van der Waals surface area contributed by atoms with Gasteiger partial charge in [-0.1, -0.05) is 35.9 Å². The fraction of sp³-hybridized carbons (Fsp3) is 0.459. The number of hydrogen-bond donors (Lipinski definition) is 2. The Morgan fingerprint density at radius 3 is 2.26 bits per heavy atom. The van der Waals surface area contributed by atoms with Crippen molar-refractivity contribution in [1.82, 2.24) is 10.2 Å². The molecular formula is C37H44ClN3O5. The zero-order valence-electron chi connectivity index (χ0n) is 27.3. The van der Waals surface area contributed by atoms with Gasteiger partial charge in [-0.15, -0.1) is 0 Å². The van der Waals surface area contributed by atoms with Crippen LogP contribution in [0, 0.1) is 5.92 Å². The van der Waals surface area contributed by atoms with Crippen LogP contribution >= 0.6 is 11.6 Å². The van der Waals surface area contributed by atoms with Crippen molar-refractivity contribution in [3.05, 3.63) is 87.9 Å². The van der Waals surface area contributed by atoms with E-state index in [1.165, 1.54) is 0 Å². The molecule has 3 aliphatic heterocycles. The number of halogens is 1. The van der Waals surface area contributed by atoms with Crippen LogP contribution < -0.4 is 19.7 Å². The third-order valence-corrected chi connectivity index (χ3v) is 10.3. The Hall–Kier alpha value is -3.75. The second-order valence-electron chi connectivity index (χ2n) is 13.3. The van der Waals surface area contributed by atoms with Crippen molar-refractivity contribution >= 4 is 29.2 Å². The molecule has 3 aliphatic rings. The summed E-state index contributed by atoms with van der Waals surface area (Å²) in [6.07, 6.45) is 4.67. The molecule has 3 unspecified atom stereocenters. The number of methoxy groups -OCH3 is 1. The molecule has 2 N–H and O–H groups in total. The SMILES string of the molecule is CNC(=O)N1C2CCCC1CC(C(C)(O)c1ccc(N3C(=O)Cc4cc(OC)c(OC(C)C)cc4[C@@H]3c3ccc(Cl)cc3)cc1)C2. The Balaban J connectivity index is 1.34. The molecule has 2 saturated heterocycles. The molecule has 2 fully saturated rings. The van der Waals surface area contributed by atoms with Crippen LogP contribution in [-0.4, -0.2) is 54.3 Å². The first kappa shape index (κ1) is 32.2. The number of nitrogens with one attached hydrogen (secondary N) is 1. The molecule has 2 bridgehead atoms. The first-order valence-electron chi connectivity index (χ1n) is 16.3. The molecule has 9 heteroatoms. The number of fused-ring (bicyclic) bond motifs is 3. The molecule has 8 nitrogen and oxygen atoms in total. The quantitative estimate of drug-likeness (QED) is 0.289. The fourth-order valence-electron chi connectivity index (χ4n) is 7.83. The summed E-state index contributed by atoms with van der Waals surface area (Å²) in [4.78, 5) is 30.4. The zero-order chi connectivity index (χ0) is 32.7. The first-order chi connectivity index (χ1) is 22.0. The number of benzene rings is 3. The van der Waals surface area contributed by atoms with Crippen LogP contribution in [0.5, 0.6) is 11.5 Å². The molecule has 3 aromatic rings. The Kier molecular flexibility index (Phi) is 8.96. The smallest absolute Gasteiger partial charge is 0.317 e. The van der Waals surface area contributed by atoms with E-state index >= 15 is 0 Å². The van der Waals surface area contributed by atoms with Gasteiger partial charge in [0.25, 0.3) is 0 Å². The van der Waals surface area contributed by atoms with Crippen molar-refractivity contribution in [2.45, 2.75) is 89.1 Å². The van der Waals surface area contributed by atoms with E-state index in [1.807, 2.05) is 91.2 Å². The van der Waals surface area contributed by atoms with Gasteiger partial charge in [-0.25, -0.2) is 4.79 Å². The molecule has 0 aliphatic carbocycles. The maximum atomic E-state index is 14.0. The van der Waals surface area contributed by atoms with E-state index in [1.54, 1.807) is 14.2 Å². The van der Waals surface area contributed by atoms with Crippen molar-refractivity contribution < 1.29 is 24.2 Å². The Morgan fingerprint density at radius 2 is 1.67 bits per heavy atom. The van der Waals surface area contributed by atoms with Crippen LogP contribution in [0.15, 0.2) is 60.7 Å². The molecular weight excluding hydrogens is 602 g/mol. The van der Waals surface area contributed by atoms with Gasteiger partial charge >= 0.3 is 6.03 Å². The molecule has 0 saturated carbocycles. The molecule has 3 amide bonds. The second-order valence-corrected chi connectivity index (χ2v) is 13.8. The van der Waals surface area contributed by atoms with Gasteiger partial charge in [-0.05, 0) is 117 Å². The van der Waals surface area contributed by atoms with Crippen molar-refractivity contribution in [3.63, 3.8) is 0 Å². The van der Waals surface area contributed by atoms with Crippen LogP contribution in [0.4, 0.5) is 10.5 Å². The molecule has 0 spiro atoms. The topological polar surface area (TPSA) is 91.3 Å². The van der Waals surface area contributed by atoms with Gasteiger partial charge in [0.05, 0.1) is 31.3 Å². The number of carbonyl (C=O) groups is 2. The highest BCUT2D eigenvalue weighted by molar-refractivity contribution is 6.30. The maximum absolute atomic E-state index is 14.0. The summed E-state index contributed by atoms with van der Waals surface area (Å²) >= 11 is 6.28. The minimum Gasteiger partial charge on any atom is -0.493 e. The van der Waals surface area contributed by atoms with E-state index in [0.29, 0.717) is 16.5 Å². The second kappa shape index (κ2) is 12.8. The van der Waals surface area contributed by atoms with E-state index in [-0.39, 0.29) is 42.5 Å². The van der Waals surface area contributed by atoms with Crippen LogP contribution in [0.3, 0.4) is 0 Å². The largest absolute Gasteiger partial charge is 0.493 e. The predicted molar refractivity (Wildman–Crippen MR) is 180 cm³/mol. The highest BCUT2D eigenvalue weighted by atomic mass is 35.5. The summed E-state index contributed by atoms with van der Waals surface area (Å²) in [5, 5.41) is 15.4. The van der Waals surface area contributed by atoms with E-state index in [2.05, 4.69) is 5.32 Å². The van der Waals surface area contributed by atoms with Gasteiger partial charge in [-0.3, -0.25) is 4.79 Å². The number of hydrogen-bond acceptors (Lipinski definition) is 5. The molecule has 0 radical (unpaired) electrons. The van der Waals surface area contributed by atoms with E-state index in [9.17, 15) is 14.7 Å². The third kappa shape index (κ3) is 5.93. The maximum Gasteiger partial charge on any atom is 0.317 e. The van der Waals surface area contributed by atoms with Crippen LogP contribution in [-0.2, 0) is 16.8 Å². The highest BCUT2D eigenvalue weighted by Gasteiger charge is 2.47. The van der Waals surface area contributed by atoms with Crippen LogP contribution in [0.1, 0.15) is 81.2 Å². The Labute approximate surface area is 276 Å². The number of urea groups is 1. The van der Waals surface area contributed by atoms with Crippen molar-refractivity contribution in [2.75, 3.05) is 19.1 Å². The molecule has 6 rings (SSSR count). The van der Waals surface area contributed by atoms with Crippen molar-refractivity contribution in [1.29, 1.82) is 0 Å². The number of aliphatic hydroxyl groups is 1. The molecule has 46 heavy (non-hydrogen) atoms. The van der Waals surface area contributed by atoms with Gasteiger partial charge in [0.15, 0.2) is 11.5 Å². The predicted octanol–water partition coefficient (Wildman–Crippen LogP) is 6.99. The molecule has 3 aromatic carbocycles. The van der Waals surface area contributed by atoms with Gasteiger partial charge in [0.2, 0.25) is 5.91 Å². The molecule has 3 heterocycles. The number of amides is 3. The average Bonchev–Trinajstić information content (AvgIpc) is 3.03. The first-order valence-corrected chi connectivity index (χ1v) is 16.7. The lowest BCUT2D eigenvalue weighted by molar-refractivity contribution is -0.118. The monoisotopic (exact) mass is 645 g/mol. The summed E-state index contributed by atoms with van der Waals surface area (Å²) in [5.74, 6) is 1.19. The van der Waals surface area contributed by atoms with Gasteiger partial charge in [0, 0.05) is 29.8 Å². The number of carbonyl (C=O) groups excluding carboxylic acids is 2. The van der Waals surface area contributed by atoms with Crippen molar-refractivity contribution in [3.8, 4) is 11.5 Å². The average molecular weight is 646 g/mol. The fourth-order valence-corrected chi connectivity index (χ4v) is 7.95. The number of anilines is 1. The third-order valence-electron chi connectivity index (χ3n) is 10.1. The van der Waals surface area contributed by atoms with Gasteiger partial charge in [0.1, 0.15) is 0 Å². The van der Waals surface area contributed by atoms with Gasteiger partial charge < -0.3 is 29.7 Å². The van der Waals surface area contributed by atoms with Crippen LogP contribution in [0.2, 0.25) is 5.02 Å². The summed E-state index contributed by atoms with van der Waals surface area (Å²) in [6.45, 7) is 5.83. The summed E-state index contributed by atoms with van der Waals surface area (Å²) in [7, 11) is 3.29. The zero-order valence-corrected chi connectivity index (χ0v) is 28.0. The Morgan fingerprint density at radius 1 is 1.02 bits per heavy atom. The summed E-state index contributed by atoms with van der Waals surface area (Å²) in [5.41, 5.74) is 3.23. The number of rotatable bonds is 7. The summed E-state index contributed by atoms with van der Waals surface area (Å²) in [6, 6.07) is 19.1. The lowest BCUT2D eigenvalue weighted by Gasteiger charge is -2.51. The van der Waals surface area contributed by atoms with E-state index < -0.39 is 11.6 Å². The minimum absolute atomic E-state index is 0.00854. The molecule has 0 aromatic heterocycles. The molecule has 4 atom stereocenters. The molecule has 244 valence electrons. The summed E-state index contributed by atoms with van der Waals surface area (Å²) < 4.78 is 11.8. The van der Waals surface area contributed by atoms with Crippen molar-refractivity contribution in [2.24, 2.45) is 5.92 Å². The highest BCUT2D eigenvalue weighted by Crippen LogP contribution is 2.47. The standard InChI is InChI=1S/C37H44ClN3O5/c1-22(2)46-33-21-31-24(17-32(33)45-5)18-34(42)41(35(31)23-9-13-27(38)14-10-23)28-15-11-25(12-16-28)37(3,44)26-19-29-7-6-8-30(20-26)40(29)36(43)39-4/h9-17,21-22,26,29-30,35,44H,6-8,18-20H2,1-5H3,(H,39,43)/t26?,29?,30?,35-,37?/m0/s1. The van der Waals surface area contributed by atoms with Gasteiger partial charge in [-0.2, -0.15) is 0 Å². The van der Waals surface area contributed by atoms with E-state index in [0.717, 1.165) is 60.0 Å². The normalized spacial score (nSPS) is 23.9.